The number of aromatic amines is 1. The van der Waals surface area contributed by atoms with Gasteiger partial charge in [-0.1, -0.05) is 6.07 Å². The summed E-state index contributed by atoms with van der Waals surface area (Å²) in [5.41, 5.74) is 6.09. The molecule has 0 saturated carbocycles. The third-order valence-corrected chi connectivity index (χ3v) is 5.72. The molecule has 0 spiro atoms. The van der Waals surface area contributed by atoms with Crippen LogP contribution in [0, 0.1) is 11.3 Å². The maximum absolute atomic E-state index is 12.8. The summed E-state index contributed by atoms with van der Waals surface area (Å²) in [6, 6.07) is 7.31. The average Bonchev–Trinajstić information content (AvgIpc) is 3.13. The van der Waals surface area contributed by atoms with Crippen LogP contribution >= 0.6 is 0 Å². The van der Waals surface area contributed by atoms with Gasteiger partial charge in [0.15, 0.2) is 0 Å². The highest BCUT2D eigenvalue weighted by Crippen LogP contribution is 2.42. The van der Waals surface area contributed by atoms with Gasteiger partial charge in [-0.05, 0) is 6.07 Å². The molecule has 1 fully saturated rings. The second kappa shape index (κ2) is 8.16. The van der Waals surface area contributed by atoms with Crippen molar-refractivity contribution in [3.63, 3.8) is 0 Å². The van der Waals surface area contributed by atoms with Crippen molar-refractivity contribution in [2.24, 2.45) is 5.73 Å². The summed E-state index contributed by atoms with van der Waals surface area (Å²) in [6.07, 6.45) is -1.35. The topological polar surface area (TPSA) is 167 Å². The van der Waals surface area contributed by atoms with Gasteiger partial charge in [0.1, 0.15) is 29.7 Å². The minimum Gasteiger partial charge on any atom is -0.440 e. The maximum Gasteiger partial charge on any atom is 0.330 e. The number of H-pyrrole nitrogens is 1. The molecule has 11 nitrogen and oxygen atoms in total. The Morgan fingerprint density at radius 3 is 2.72 bits per heavy atom. The van der Waals surface area contributed by atoms with Gasteiger partial charge in [0.25, 0.3) is 5.56 Å². The summed E-state index contributed by atoms with van der Waals surface area (Å²) in [7, 11) is 3.72. The van der Waals surface area contributed by atoms with E-state index >= 15 is 0 Å². The van der Waals surface area contributed by atoms with E-state index in [9.17, 15) is 25.1 Å². The Morgan fingerprint density at radius 1 is 1.34 bits per heavy atom. The van der Waals surface area contributed by atoms with Crippen LogP contribution in [0.4, 0.5) is 5.69 Å². The van der Waals surface area contributed by atoms with E-state index in [0.29, 0.717) is 11.3 Å². The van der Waals surface area contributed by atoms with Crippen LogP contribution in [-0.4, -0.2) is 52.7 Å². The van der Waals surface area contributed by atoms with Crippen LogP contribution in [0.15, 0.2) is 45.4 Å². The predicted octanol–water partition coefficient (Wildman–Crippen LogP) is -0.539. The normalized spacial score (nSPS) is 24.6. The van der Waals surface area contributed by atoms with E-state index in [4.69, 9.17) is 15.2 Å². The first-order chi connectivity index (χ1) is 15.2. The molecule has 0 radical (unpaired) electrons. The number of rotatable bonds is 4. The molecule has 168 valence electrons. The zero-order valence-corrected chi connectivity index (χ0v) is 17.5. The Kier molecular flexibility index (Phi) is 5.52. The lowest BCUT2D eigenvalue weighted by atomic mass is 9.84. The van der Waals surface area contributed by atoms with Crippen molar-refractivity contribution in [1.29, 1.82) is 5.26 Å². The van der Waals surface area contributed by atoms with Crippen LogP contribution in [-0.2, 0) is 4.74 Å². The number of benzene rings is 1. The van der Waals surface area contributed by atoms with Gasteiger partial charge in [-0.3, -0.25) is 14.3 Å². The first-order valence-electron chi connectivity index (χ1n) is 9.93. The molecular formula is C21H23N5O6. The Labute approximate surface area is 182 Å². The van der Waals surface area contributed by atoms with Crippen molar-refractivity contribution < 1.29 is 19.7 Å². The first kappa shape index (κ1) is 21.6. The Balaban J connectivity index is 1.87. The number of nitrogens with one attached hydrogen (secondary N) is 1. The summed E-state index contributed by atoms with van der Waals surface area (Å²) in [6.45, 7) is -0.415. The molecule has 2 aliphatic rings. The number of anilines is 1. The molecule has 1 aromatic heterocycles. The Bertz CT molecular complexity index is 1240. The standard InChI is InChI=1S/C21H23N5O6/c1-25(2)10-3-4-11-15(5-10)32-19(23)12(7-22)18(11)13-8-26(21(30)24-20(13)29)17-6-14(28)16(9-27)31-17/h3-5,8,14,16-18,27-28H,6,9,23H2,1-2H3,(H,24,29,30)/t14-,16+,17+,18?/m0/s1. The fourth-order valence-electron chi connectivity index (χ4n) is 4.01. The number of hydrogen-bond acceptors (Lipinski definition) is 9. The summed E-state index contributed by atoms with van der Waals surface area (Å²) in [5, 5.41) is 29.1. The number of allylic oxidation sites excluding steroid dienone is 1. The van der Waals surface area contributed by atoms with Gasteiger partial charge in [-0.2, -0.15) is 5.26 Å². The second-order valence-corrected chi connectivity index (χ2v) is 7.91. The fourth-order valence-corrected chi connectivity index (χ4v) is 4.01. The predicted molar refractivity (Wildman–Crippen MR) is 113 cm³/mol. The largest absolute Gasteiger partial charge is 0.440 e. The molecule has 2 aromatic rings. The van der Waals surface area contributed by atoms with E-state index in [1.165, 1.54) is 6.20 Å². The summed E-state index contributed by atoms with van der Waals surface area (Å²) >= 11 is 0. The van der Waals surface area contributed by atoms with Crippen molar-refractivity contribution in [2.75, 3.05) is 25.6 Å². The van der Waals surface area contributed by atoms with Gasteiger partial charge in [-0.25, -0.2) is 4.79 Å². The van der Waals surface area contributed by atoms with E-state index in [1.807, 2.05) is 31.1 Å². The fraction of sp³-hybridized carbons (Fsp3) is 0.381. The lowest BCUT2D eigenvalue weighted by Gasteiger charge is -2.27. The third kappa shape index (κ3) is 3.54. The van der Waals surface area contributed by atoms with Crippen LogP contribution in [0.1, 0.15) is 29.7 Å². The number of aliphatic hydroxyl groups excluding tert-OH is 2. The molecule has 4 rings (SSSR count). The van der Waals surface area contributed by atoms with Gasteiger partial charge < -0.3 is 30.3 Å². The lowest BCUT2D eigenvalue weighted by Crippen LogP contribution is -2.36. The monoisotopic (exact) mass is 441 g/mol. The number of hydrogen-bond donors (Lipinski definition) is 4. The summed E-state index contributed by atoms with van der Waals surface area (Å²) in [4.78, 5) is 29.4. The number of aliphatic hydroxyl groups is 2. The molecule has 32 heavy (non-hydrogen) atoms. The minimum absolute atomic E-state index is 0.0337. The van der Waals surface area contributed by atoms with E-state index in [1.54, 1.807) is 12.1 Å². The van der Waals surface area contributed by atoms with Gasteiger partial charge >= 0.3 is 5.69 Å². The van der Waals surface area contributed by atoms with Gasteiger partial charge in [-0.15, -0.1) is 0 Å². The number of aromatic nitrogens is 2. The Morgan fingerprint density at radius 2 is 2.09 bits per heavy atom. The van der Waals surface area contributed by atoms with E-state index in [-0.39, 0.29) is 23.4 Å². The van der Waals surface area contributed by atoms with Crippen LogP contribution in [0.25, 0.3) is 0 Å². The summed E-state index contributed by atoms with van der Waals surface area (Å²) < 4.78 is 12.4. The van der Waals surface area contributed by atoms with Gasteiger partial charge in [0.2, 0.25) is 5.88 Å². The highest BCUT2D eigenvalue weighted by Gasteiger charge is 2.37. The minimum atomic E-state index is -0.967. The molecule has 5 N–H and O–H groups in total. The van der Waals surface area contributed by atoms with Crippen molar-refractivity contribution in [1.82, 2.24) is 9.55 Å². The Hall–Kier alpha value is -3.59. The van der Waals surface area contributed by atoms with E-state index in [2.05, 4.69) is 4.98 Å². The van der Waals surface area contributed by atoms with E-state index < -0.39 is 42.2 Å². The zero-order valence-electron chi connectivity index (χ0n) is 17.5. The molecule has 0 bridgehead atoms. The number of nitrogens with two attached hydrogens (primary N) is 1. The molecule has 2 aliphatic heterocycles. The molecule has 1 saturated heterocycles. The van der Waals surface area contributed by atoms with Crippen LogP contribution in [0.5, 0.6) is 5.75 Å². The van der Waals surface area contributed by atoms with Gasteiger partial charge in [0, 0.05) is 49.6 Å². The third-order valence-electron chi connectivity index (χ3n) is 5.72. The molecular weight excluding hydrogens is 418 g/mol. The van der Waals surface area contributed by atoms with E-state index in [0.717, 1.165) is 10.3 Å². The van der Waals surface area contributed by atoms with Crippen molar-refractivity contribution >= 4 is 5.69 Å². The second-order valence-electron chi connectivity index (χ2n) is 7.91. The number of fused-ring (bicyclic) bond motifs is 1. The number of nitriles is 1. The molecule has 11 heteroatoms. The van der Waals surface area contributed by atoms with Crippen LogP contribution < -0.4 is 26.6 Å². The maximum atomic E-state index is 12.8. The number of nitrogens with zero attached hydrogens (tertiary/aromatic N) is 3. The van der Waals surface area contributed by atoms with Crippen LogP contribution in [0.3, 0.4) is 0 Å². The molecule has 3 heterocycles. The summed E-state index contributed by atoms with van der Waals surface area (Å²) in [5.74, 6) is -0.621. The molecule has 1 unspecified atom stereocenters. The molecule has 4 atom stereocenters. The number of ether oxygens (including phenoxy) is 2. The first-order valence-corrected chi connectivity index (χ1v) is 9.93. The SMILES string of the molecule is CN(C)c1ccc2c(c1)OC(N)=C(C#N)C2c1cn([C@H]2C[C@H](O)[C@@H](CO)O2)c(=O)[nH]c1=O. The molecule has 1 aromatic carbocycles. The lowest BCUT2D eigenvalue weighted by molar-refractivity contribution is -0.0460. The average molecular weight is 441 g/mol. The zero-order chi connectivity index (χ0) is 23.2. The smallest absolute Gasteiger partial charge is 0.330 e. The van der Waals surface area contributed by atoms with Crippen molar-refractivity contribution in [3.8, 4) is 11.8 Å². The van der Waals surface area contributed by atoms with Crippen molar-refractivity contribution in [3.05, 3.63) is 67.8 Å². The highest BCUT2D eigenvalue weighted by atomic mass is 16.5. The molecule has 0 amide bonds. The quantitative estimate of drug-likeness (QED) is 0.487. The van der Waals surface area contributed by atoms with Crippen LogP contribution in [0.2, 0.25) is 0 Å². The molecule has 0 aliphatic carbocycles. The highest BCUT2D eigenvalue weighted by molar-refractivity contribution is 5.60. The van der Waals surface area contributed by atoms with Crippen molar-refractivity contribution in [2.45, 2.75) is 30.8 Å². The van der Waals surface area contributed by atoms with Gasteiger partial charge in [0.05, 0.1) is 18.6 Å².